The molecule has 0 aliphatic heterocycles. The fourth-order valence-corrected chi connectivity index (χ4v) is 1.65. The van der Waals surface area contributed by atoms with Crippen LogP contribution >= 0.6 is 0 Å². The lowest BCUT2D eigenvalue weighted by Gasteiger charge is -2.19. The second kappa shape index (κ2) is 6.44. The molecule has 0 radical (unpaired) electrons. The molecule has 6 heteroatoms. The van der Waals surface area contributed by atoms with Crippen LogP contribution in [0, 0.1) is 6.92 Å². The van der Waals surface area contributed by atoms with Gasteiger partial charge in [0.15, 0.2) is 5.69 Å². The molecule has 0 aliphatic carbocycles. The minimum atomic E-state index is -1.25. The molecule has 0 spiro atoms. The van der Waals surface area contributed by atoms with Crippen LogP contribution in [0.3, 0.4) is 0 Å². The molecule has 2 atom stereocenters. The summed E-state index contributed by atoms with van der Waals surface area (Å²) in [5, 5.41) is 31.6. The van der Waals surface area contributed by atoms with E-state index in [1.165, 1.54) is 12.3 Å². The molecule has 0 saturated carbocycles. The summed E-state index contributed by atoms with van der Waals surface area (Å²) in [5.41, 5.74) is 0.651. The summed E-state index contributed by atoms with van der Waals surface area (Å²) >= 11 is 0. The predicted octanol–water partition coefficient (Wildman–Crippen LogP) is 0.0920. The summed E-state index contributed by atoms with van der Waals surface area (Å²) in [6.45, 7) is 2.27. The molecule has 0 amide bonds. The van der Waals surface area contributed by atoms with Crippen molar-refractivity contribution < 1.29 is 20.1 Å². The maximum absolute atomic E-state index is 11.0. The average molecular weight is 254 g/mol. The number of hydrogen-bond donors (Lipinski definition) is 4. The molecule has 100 valence electrons. The van der Waals surface area contributed by atoms with Gasteiger partial charge in [-0.1, -0.05) is 0 Å². The fraction of sp³-hybridized carbons (Fsp3) is 0.500. The van der Waals surface area contributed by atoms with Gasteiger partial charge in [-0.05, 0) is 38.6 Å². The van der Waals surface area contributed by atoms with E-state index in [-0.39, 0.29) is 11.3 Å². The zero-order chi connectivity index (χ0) is 13.7. The van der Waals surface area contributed by atoms with Crippen molar-refractivity contribution in [3.8, 4) is 0 Å². The smallest absolute Gasteiger partial charge is 0.354 e. The minimum absolute atomic E-state index is 0.145. The third kappa shape index (κ3) is 3.49. The number of rotatable bonds is 6. The Labute approximate surface area is 105 Å². The Morgan fingerprint density at radius 1 is 1.50 bits per heavy atom. The predicted molar refractivity (Wildman–Crippen MR) is 65.4 cm³/mol. The van der Waals surface area contributed by atoms with Crippen molar-refractivity contribution in [2.24, 2.45) is 0 Å². The van der Waals surface area contributed by atoms with Crippen molar-refractivity contribution in [1.29, 1.82) is 0 Å². The highest BCUT2D eigenvalue weighted by molar-refractivity contribution is 5.87. The highest BCUT2D eigenvalue weighted by atomic mass is 16.4. The largest absolute Gasteiger partial charge is 0.477 e. The van der Waals surface area contributed by atoms with Crippen LogP contribution in [0.15, 0.2) is 12.3 Å². The monoisotopic (exact) mass is 254 g/mol. The molecular formula is C12H18N2O4. The summed E-state index contributed by atoms with van der Waals surface area (Å²) in [6, 6.07) is 1.53. The number of nitrogens with one attached hydrogen (secondary N) is 1. The van der Waals surface area contributed by atoms with E-state index in [9.17, 15) is 15.0 Å². The zero-order valence-electron chi connectivity index (χ0n) is 10.4. The van der Waals surface area contributed by atoms with Gasteiger partial charge in [0.2, 0.25) is 0 Å². The summed E-state index contributed by atoms with van der Waals surface area (Å²) in [6.07, 6.45) is -0.541. The van der Waals surface area contributed by atoms with Crippen molar-refractivity contribution in [1.82, 2.24) is 10.3 Å². The van der Waals surface area contributed by atoms with Crippen molar-refractivity contribution in [2.75, 3.05) is 13.6 Å². The molecule has 0 saturated heterocycles. The Hall–Kier alpha value is -1.50. The average Bonchev–Trinajstić information content (AvgIpc) is 2.34. The number of aromatic carboxylic acids is 1. The first-order valence-corrected chi connectivity index (χ1v) is 5.68. The van der Waals surface area contributed by atoms with Crippen molar-refractivity contribution in [3.05, 3.63) is 29.1 Å². The van der Waals surface area contributed by atoms with Gasteiger partial charge in [-0.25, -0.2) is 9.78 Å². The van der Waals surface area contributed by atoms with Gasteiger partial charge in [-0.15, -0.1) is 0 Å². The maximum Gasteiger partial charge on any atom is 0.354 e. The number of pyridine rings is 1. The van der Waals surface area contributed by atoms with Gasteiger partial charge in [-0.2, -0.15) is 0 Å². The third-order valence-electron chi connectivity index (χ3n) is 2.63. The molecule has 0 aromatic carbocycles. The van der Waals surface area contributed by atoms with E-state index in [1.807, 2.05) is 0 Å². The van der Waals surface area contributed by atoms with Gasteiger partial charge in [-0.3, -0.25) is 0 Å². The summed E-state index contributed by atoms with van der Waals surface area (Å²) in [5.74, 6) is -1.22. The SMILES string of the molecule is CNCCC(O)C(O)c1cc(C)cnc1C(=O)O. The van der Waals surface area contributed by atoms with Gasteiger partial charge in [0.05, 0.1) is 6.10 Å². The first-order chi connectivity index (χ1) is 8.47. The minimum Gasteiger partial charge on any atom is -0.477 e. The van der Waals surface area contributed by atoms with Gasteiger partial charge in [0, 0.05) is 11.8 Å². The molecule has 4 N–H and O–H groups in total. The number of hydrogen-bond acceptors (Lipinski definition) is 5. The van der Waals surface area contributed by atoms with E-state index < -0.39 is 18.2 Å². The number of aliphatic hydroxyl groups is 2. The first-order valence-electron chi connectivity index (χ1n) is 5.68. The van der Waals surface area contributed by atoms with Crippen molar-refractivity contribution in [2.45, 2.75) is 25.6 Å². The van der Waals surface area contributed by atoms with Gasteiger partial charge < -0.3 is 20.6 Å². The Balaban J connectivity index is 2.99. The van der Waals surface area contributed by atoms with Gasteiger partial charge in [0.1, 0.15) is 6.10 Å². The van der Waals surface area contributed by atoms with Crippen LogP contribution in [0.1, 0.15) is 34.1 Å². The number of carbonyl (C=O) groups is 1. The molecule has 0 aliphatic rings. The summed E-state index contributed by atoms with van der Waals surface area (Å²) in [7, 11) is 1.73. The fourth-order valence-electron chi connectivity index (χ4n) is 1.65. The molecular weight excluding hydrogens is 236 g/mol. The molecule has 2 unspecified atom stereocenters. The normalized spacial score (nSPS) is 14.2. The van der Waals surface area contributed by atoms with Gasteiger partial charge >= 0.3 is 5.97 Å². The lowest BCUT2D eigenvalue weighted by atomic mass is 9.99. The van der Waals surface area contributed by atoms with Crippen molar-refractivity contribution >= 4 is 5.97 Å². The third-order valence-corrected chi connectivity index (χ3v) is 2.63. The van der Waals surface area contributed by atoms with Crippen LogP contribution in [0.5, 0.6) is 0 Å². The summed E-state index contributed by atoms with van der Waals surface area (Å²) < 4.78 is 0. The van der Waals surface area contributed by atoms with E-state index in [2.05, 4.69) is 10.3 Å². The van der Waals surface area contributed by atoms with E-state index in [1.54, 1.807) is 14.0 Å². The van der Waals surface area contributed by atoms with E-state index in [4.69, 9.17) is 5.11 Å². The molecule has 1 rings (SSSR count). The highest BCUT2D eigenvalue weighted by Gasteiger charge is 2.24. The van der Waals surface area contributed by atoms with E-state index >= 15 is 0 Å². The van der Waals surface area contributed by atoms with Gasteiger partial charge in [0.25, 0.3) is 0 Å². The van der Waals surface area contributed by atoms with Crippen LogP contribution in [0.2, 0.25) is 0 Å². The topological polar surface area (TPSA) is 103 Å². The molecule has 1 heterocycles. The van der Waals surface area contributed by atoms with Crippen LogP contribution in [0.25, 0.3) is 0 Å². The molecule has 1 aromatic heterocycles. The molecule has 18 heavy (non-hydrogen) atoms. The van der Waals surface area contributed by atoms with Crippen LogP contribution in [0.4, 0.5) is 0 Å². The van der Waals surface area contributed by atoms with Crippen LogP contribution in [-0.2, 0) is 0 Å². The zero-order valence-corrected chi connectivity index (χ0v) is 10.4. The highest BCUT2D eigenvalue weighted by Crippen LogP contribution is 2.22. The lowest BCUT2D eigenvalue weighted by Crippen LogP contribution is -2.25. The number of aryl methyl sites for hydroxylation is 1. The van der Waals surface area contributed by atoms with E-state index in [0.29, 0.717) is 13.0 Å². The Kier molecular flexibility index (Phi) is 5.21. The van der Waals surface area contributed by atoms with Crippen LogP contribution in [-0.4, -0.2) is 46.0 Å². The standard InChI is InChI=1S/C12H18N2O4/c1-7-5-8(10(12(17)18)14-6-7)11(16)9(15)3-4-13-2/h5-6,9,11,13,15-16H,3-4H2,1-2H3,(H,17,18). The van der Waals surface area contributed by atoms with Crippen molar-refractivity contribution in [3.63, 3.8) is 0 Å². The Morgan fingerprint density at radius 3 is 2.72 bits per heavy atom. The number of aromatic nitrogens is 1. The first kappa shape index (κ1) is 14.6. The Morgan fingerprint density at radius 2 is 2.17 bits per heavy atom. The van der Waals surface area contributed by atoms with E-state index in [0.717, 1.165) is 5.56 Å². The molecule has 0 bridgehead atoms. The molecule has 6 nitrogen and oxygen atoms in total. The second-order valence-electron chi connectivity index (χ2n) is 4.16. The Bertz CT molecular complexity index is 423. The molecule has 1 aromatic rings. The number of carboxylic acid groups (broad SMARTS) is 1. The number of carboxylic acids is 1. The number of nitrogens with zero attached hydrogens (tertiary/aromatic N) is 1. The van der Waals surface area contributed by atoms with Crippen LogP contribution < -0.4 is 5.32 Å². The quantitative estimate of drug-likeness (QED) is 0.574. The maximum atomic E-state index is 11.0. The number of aliphatic hydroxyl groups excluding tert-OH is 2. The molecule has 0 fully saturated rings. The lowest BCUT2D eigenvalue weighted by molar-refractivity contribution is 0.0128. The summed E-state index contributed by atoms with van der Waals surface area (Å²) in [4.78, 5) is 14.8. The second-order valence-corrected chi connectivity index (χ2v) is 4.16.